The van der Waals surface area contributed by atoms with Gasteiger partial charge >= 0.3 is 0 Å². The van der Waals surface area contributed by atoms with Gasteiger partial charge in [-0.05, 0) is 60.6 Å². The molecule has 0 saturated heterocycles. The first-order valence-electron chi connectivity index (χ1n) is 7.82. The molecule has 0 bridgehead atoms. The van der Waals surface area contributed by atoms with Crippen molar-refractivity contribution in [1.82, 2.24) is 5.32 Å². The van der Waals surface area contributed by atoms with Gasteiger partial charge in [0.15, 0.2) is 0 Å². The first-order chi connectivity index (χ1) is 9.63. The summed E-state index contributed by atoms with van der Waals surface area (Å²) in [5.74, 6) is 2.87. The molecule has 4 unspecified atom stereocenters. The molecule has 3 rings (SSSR count). The Kier molecular flexibility index (Phi) is 4.64. The van der Waals surface area contributed by atoms with Crippen molar-refractivity contribution in [3.8, 4) is 0 Å². The summed E-state index contributed by atoms with van der Waals surface area (Å²) < 4.78 is 0. The lowest BCUT2D eigenvalue weighted by Crippen LogP contribution is -2.42. The van der Waals surface area contributed by atoms with Gasteiger partial charge in [0.2, 0.25) is 0 Å². The smallest absolute Gasteiger partial charge is 0.0410 e. The van der Waals surface area contributed by atoms with Gasteiger partial charge in [-0.2, -0.15) is 0 Å². The number of benzene rings is 1. The zero-order chi connectivity index (χ0) is 14.1. The fourth-order valence-electron chi connectivity index (χ4n) is 3.56. The molecule has 3 heteroatoms. The monoisotopic (exact) mass is 309 g/mol. The zero-order valence-electron chi connectivity index (χ0n) is 12.4. The molecule has 1 aliphatic heterocycles. The van der Waals surface area contributed by atoms with Crippen molar-refractivity contribution in [1.29, 1.82) is 0 Å². The van der Waals surface area contributed by atoms with Crippen molar-refractivity contribution in [3.63, 3.8) is 0 Å². The van der Waals surface area contributed by atoms with E-state index in [9.17, 15) is 0 Å². The van der Waals surface area contributed by atoms with Gasteiger partial charge in [-0.1, -0.05) is 31.9 Å². The number of rotatable bonds is 2. The Bertz CT molecular complexity index is 476. The van der Waals surface area contributed by atoms with Gasteiger partial charge in [0.25, 0.3) is 0 Å². The molecule has 0 amide bonds. The lowest BCUT2D eigenvalue weighted by molar-refractivity contribution is 0.211. The van der Waals surface area contributed by atoms with Crippen LogP contribution in [-0.4, -0.2) is 11.8 Å². The second kappa shape index (κ2) is 6.29. The van der Waals surface area contributed by atoms with E-state index in [4.69, 9.17) is 11.6 Å². The van der Waals surface area contributed by atoms with Crippen LogP contribution in [0.3, 0.4) is 0 Å². The number of nitrogens with one attached hydrogen (secondary N) is 1. The van der Waals surface area contributed by atoms with Crippen LogP contribution >= 0.6 is 23.4 Å². The molecule has 1 saturated carbocycles. The summed E-state index contributed by atoms with van der Waals surface area (Å²) in [6, 6.07) is 7.52. The summed E-state index contributed by atoms with van der Waals surface area (Å²) in [4.78, 5) is 1.41. The van der Waals surface area contributed by atoms with Crippen LogP contribution in [0, 0.1) is 11.8 Å². The van der Waals surface area contributed by atoms with E-state index in [1.165, 1.54) is 41.9 Å². The van der Waals surface area contributed by atoms with Gasteiger partial charge in [0, 0.05) is 22.0 Å². The van der Waals surface area contributed by atoms with Gasteiger partial charge < -0.3 is 5.32 Å². The normalized spacial score (nSPS) is 33.8. The predicted octanol–water partition coefficient (Wildman–Crippen LogP) is 5.29. The number of hydrogen-bond donors (Lipinski definition) is 1. The lowest BCUT2D eigenvalue weighted by atomic mass is 9.79. The third-order valence-electron chi connectivity index (χ3n) is 4.88. The van der Waals surface area contributed by atoms with Crippen molar-refractivity contribution in [3.05, 3.63) is 28.8 Å². The Morgan fingerprint density at radius 2 is 2.05 bits per heavy atom. The second-order valence-corrected chi connectivity index (χ2v) is 8.11. The maximum absolute atomic E-state index is 6.20. The summed E-state index contributed by atoms with van der Waals surface area (Å²) >= 11 is 8.17. The molecule has 1 aromatic rings. The standard InChI is InChI=1S/C17H24ClNS/c1-11-3-4-12(2)16(9-11)19-15-7-8-20-17-6-5-13(18)10-14(15)17/h5-6,10-12,15-16,19H,3-4,7-9H2,1-2H3. The molecule has 0 aromatic heterocycles. The minimum absolute atomic E-state index is 0.489. The van der Waals surface area contributed by atoms with Gasteiger partial charge in [0.05, 0.1) is 0 Å². The number of hydrogen-bond acceptors (Lipinski definition) is 2. The van der Waals surface area contributed by atoms with E-state index in [2.05, 4.69) is 31.3 Å². The van der Waals surface area contributed by atoms with Crippen molar-refractivity contribution >= 4 is 23.4 Å². The summed E-state index contributed by atoms with van der Waals surface area (Å²) in [6.45, 7) is 4.79. The van der Waals surface area contributed by atoms with Crippen LogP contribution in [0.15, 0.2) is 23.1 Å². The van der Waals surface area contributed by atoms with Crippen molar-refractivity contribution < 1.29 is 0 Å². The van der Waals surface area contributed by atoms with Crippen LogP contribution in [0.1, 0.15) is 51.1 Å². The predicted molar refractivity (Wildman–Crippen MR) is 88.6 cm³/mol. The van der Waals surface area contributed by atoms with Crippen molar-refractivity contribution in [2.24, 2.45) is 11.8 Å². The SMILES string of the molecule is CC1CCC(C)C(NC2CCSc3ccc(Cl)cc32)C1. The van der Waals surface area contributed by atoms with Crippen LogP contribution in [0.4, 0.5) is 0 Å². The maximum atomic E-state index is 6.20. The first kappa shape index (κ1) is 14.7. The summed E-state index contributed by atoms with van der Waals surface area (Å²) in [6.07, 6.45) is 5.29. The molecule has 110 valence electrons. The third-order valence-corrected chi connectivity index (χ3v) is 6.24. The molecule has 1 fully saturated rings. The Labute approximate surface area is 131 Å². The van der Waals surface area contributed by atoms with Crippen LogP contribution in [0.25, 0.3) is 0 Å². The largest absolute Gasteiger partial charge is 0.307 e. The van der Waals surface area contributed by atoms with E-state index in [1.54, 1.807) is 0 Å². The average molecular weight is 310 g/mol. The Morgan fingerprint density at radius 3 is 2.90 bits per heavy atom. The van der Waals surface area contributed by atoms with Gasteiger partial charge in [0.1, 0.15) is 0 Å². The summed E-state index contributed by atoms with van der Waals surface area (Å²) in [5.41, 5.74) is 1.42. The van der Waals surface area contributed by atoms with Crippen LogP contribution < -0.4 is 5.32 Å². The third kappa shape index (κ3) is 3.18. The highest BCUT2D eigenvalue weighted by Crippen LogP contribution is 2.39. The fourth-order valence-corrected chi connectivity index (χ4v) is 4.85. The molecule has 1 aliphatic carbocycles. The molecular weight excluding hydrogens is 286 g/mol. The molecule has 4 atom stereocenters. The highest BCUT2D eigenvalue weighted by atomic mass is 35.5. The molecule has 1 nitrogen and oxygen atoms in total. The van der Waals surface area contributed by atoms with Crippen LogP contribution in [0.5, 0.6) is 0 Å². The van der Waals surface area contributed by atoms with E-state index in [1.807, 2.05) is 17.8 Å². The van der Waals surface area contributed by atoms with Crippen molar-refractivity contribution in [2.45, 2.75) is 56.5 Å². The van der Waals surface area contributed by atoms with E-state index >= 15 is 0 Å². The number of halogens is 1. The Balaban J connectivity index is 1.77. The maximum Gasteiger partial charge on any atom is 0.0410 e. The quantitative estimate of drug-likeness (QED) is 0.796. The highest BCUT2D eigenvalue weighted by Gasteiger charge is 2.29. The molecule has 20 heavy (non-hydrogen) atoms. The molecule has 0 radical (unpaired) electrons. The number of fused-ring (bicyclic) bond motifs is 1. The van der Waals surface area contributed by atoms with E-state index < -0.39 is 0 Å². The van der Waals surface area contributed by atoms with Gasteiger partial charge in [-0.25, -0.2) is 0 Å². The minimum atomic E-state index is 0.489. The minimum Gasteiger partial charge on any atom is -0.307 e. The zero-order valence-corrected chi connectivity index (χ0v) is 13.9. The van der Waals surface area contributed by atoms with Crippen molar-refractivity contribution in [2.75, 3.05) is 5.75 Å². The number of thioether (sulfide) groups is 1. The first-order valence-corrected chi connectivity index (χ1v) is 9.18. The molecule has 1 N–H and O–H groups in total. The summed E-state index contributed by atoms with van der Waals surface area (Å²) in [7, 11) is 0. The summed E-state index contributed by atoms with van der Waals surface area (Å²) in [5, 5.41) is 4.81. The fraction of sp³-hybridized carbons (Fsp3) is 0.647. The lowest BCUT2D eigenvalue weighted by Gasteiger charge is -2.37. The average Bonchev–Trinajstić information content (AvgIpc) is 2.43. The van der Waals surface area contributed by atoms with E-state index in [0.29, 0.717) is 12.1 Å². The van der Waals surface area contributed by atoms with E-state index in [0.717, 1.165) is 16.9 Å². The van der Waals surface area contributed by atoms with Crippen LogP contribution in [-0.2, 0) is 0 Å². The molecule has 0 spiro atoms. The Morgan fingerprint density at radius 1 is 1.20 bits per heavy atom. The molecule has 1 heterocycles. The molecular formula is C17H24ClNS. The molecule has 1 aromatic carbocycles. The van der Waals surface area contributed by atoms with Gasteiger partial charge in [-0.15, -0.1) is 11.8 Å². The van der Waals surface area contributed by atoms with E-state index in [-0.39, 0.29) is 0 Å². The van der Waals surface area contributed by atoms with Gasteiger partial charge in [-0.3, -0.25) is 0 Å². The highest BCUT2D eigenvalue weighted by molar-refractivity contribution is 7.99. The van der Waals surface area contributed by atoms with Crippen LogP contribution in [0.2, 0.25) is 5.02 Å². The second-order valence-electron chi connectivity index (χ2n) is 6.54. The Hall–Kier alpha value is -0.180. The topological polar surface area (TPSA) is 12.0 Å². The molecule has 2 aliphatic rings.